The van der Waals surface area contributed by atoms with Gasteiger partial charge in [0.15, 0.2) is 0 Å². The van der Waals surface area contributed by atoms with E-state index in [1.54, 1.807) is 28.9 Å². The van der Waals surface area contributed by atoms with Crippen LogP contribution in [-0.2, 0) is 14.3 Å². The van der Waals surface area contributed by atoms with Gasteiger partial charge in [0.1, 0.15) is 5.82 Å². The van der Waals surface area contributed by atoms with Crippen molar-refractivity contribution in [1.29, 1.82) is 0 Å². The molecule has 0 bridgehead atoms. The number of urea groups is 1. The molecule has 2 saturated heterocycles. The summed E-state index contributed by atoms with van der Waals surface area (Å²) in [7, 11) is 0. The molecule has 2 fully saturated rings. The maximum Gasteiger partial charge on any atom is 0.317 e. The molecule has 2 atom stereocenters. The van der Waals surface area contributed by atoms with E-state index in [-0.39, 0.29) is 42.1 Å². The molecule has 2 heterocycles. The van der Waals surface area contributed by atoms with E-state index < -0.39 is 0 Å². The van der Waals surface area contributed by atoms with Crippen LogP contribution in [0.25, 0.3) is 0 Å². The van der Waals surface area contributed by atoms with Crippen LogP contribution in [0.1, 0.15) is 26.2 Å². The van der Waals surface area contributed by atoms with E-state index in [2.05, 4.69) is 5.32 Å². The van der Waals surface area contributed by atoms with Crippen LogP contribution in [0.15, 0.2) is 24.3 Å². The minimum Gasteiger partial charge on any atom is -0.466 e. The minimum atomic E-state index is -0.364. The van der Waals surface area contributed by atoms with Crippen LogP contribution < -0.4 is 10.2 Å². The number of nitrogens with one attached hydrogen (secondary N) is 1. The Labute approximate surface area is 157 Å². The number of hydrogen-bond donors (Lipinski definition) is 1. The van der Waals surface area contributed by atoms with Crippen LogP contribution in [0.5, 0.6) is 0 Å². The number of rotatable bonds is 4. The largest absolute Gasteiger partial charge is 0.466 e. The van der Waals surface area contributed by atoms with Crippen molar-refractivity contribution in [3.05, 3.63) is 30.1 Å². The molecule has 1 aromatic carbocycles. The molecular weight excluding hydrogens is 353 g/mol. The second-order valence-corrected chi connectivity index (χ2v) is 6.87. The predicted molar refractivity (Wildman–Crippen MR) is 96.6 cm³/mol. The van der Waals surface area contributed by atoms with Gasteiger partial charge in [-0.05, 0) is 44.0 Å². The highest BCUT2D eigenvalue weighted by Crippen LogP contribution is 2.23. The lowest BCUT2D eigenvalue weighted by atomic mass is 9.98. The lowest BCUT2D eigenvalue weighted by Crippen LogP contribution is -2.50. The van der Waals surface area contributed by atoms with E-state index in [1.165, 1.54) is 12.1 Å². The average Bonchev–Trinajstić information content (AvgIpc) is 3.02. The molecule has 0 aromatic heterocycles. The molecule has 27 heavy (non-hydrogen) atoms. The first-order chi connectivity index (χ1) is 13.0. The van der Waals surface area contributed by atoms with Crippen molar-refractivity contribution >= 4 is 23.6 Å². The first-order valence-corrected chi connectivity index (χ1v) is 9.26. The Kier molecular flexibility index (Phi) is 5.93. The van der Waals surface area contributed by atoms with Gasteiger partial charge in [-0.25, -0.2) is 9.18 Å². The Bertz CT molecular complexity index is 709. The molecule has 2 aliphatic rings. The van der Waals surface area contributed by atoms with Crippen molar-refractivity contribution in [3.8, 4) is 0 Å². The van der Waals surface area contributed by atoms with Crippen LogP contribution in [0.2, 0.25) is 0 Å². The predicted octanol–water partition coefficient (Wildman–Crippen LogP) is 1.92. The van der Waals surface area contributed by atoms with Gasteiger partial charge in [-0.15, -0.1) is 0 Å². The number of piperidine rings is 1. The Balaban J connectivity index is 1.56. The fourth-order valence-corrected chi connectivity index (χ4v) is 3.55. The van der Waals surface area contributed by atoms with Crippen molar-refractivity contribution in [2.45, 2.75) is 32.2 Å². The number of benzene rings is 1. The molecule has 0 radical (unpaired) electrons. The van der Waals surface area contributed by atoms with E-state index in [1.807, 2.05) is 0 Å². The third-order valence-corrected chi connectivity index (χ3v) is 4.92. The molecule has 146 valence electrons. The number of carbonyl (C=O) groups excluding carboxylic acids is 3. The Hall–Kier alpha value is -2.64. The monoisotopic (exact) mass is 377 g/mol. The Morgan fingerprint density at radius 2 is 2.00 bits per heavy atom. The first-order valence-electron chi connectivity index (χ1n) is 9.26. The quantitative estimate of drug-likeness (QED) is 0.813. The molecule has 0 aliphatic carbocycles. The summed E-state index contributed by atoms with van der Waals surface area (Å²) in [5.41, 5.74) is 0.610. The van der Waals surface area contributed by atoms with Crippen LogP contribution in [0.4, 0.5) is 14.9 Å². The fourth-order valence-electron chi connectivity index (χ4n) is 3.55. The topological polar surface area (TPSA) is 79.0 Å². The highest BCUT2D eigenvalue weighted by molar-refractivity contribution is 5.96. The first kappa shape index (κ1) is 19.1. The summed E-state index contributed by atoms with van der Waals surface area (Å²) in [4.78, 5) is 39.9. The summed E-state index contributed by atoms with van der Waals surface area (Å²) in [6.45, 7) is 3.32. The van der Waals surface area contributed by atoms with Crippen molar-refractivity contribution in [2.75, 3.05) is 31.1 Å². The molecule has 8 heteroatoms. The highest BCUT2D eigenvalue weighted by Gasteiger charge is 2.34. The third kappa shape index (κ3) is 4.56. The zero-order chi connectivity index (χ0) is 19.4. The number of hydrogen-bond acceptors (Lipinski definition) is 4. The molecule has 3 rings (SSSR count). The van der Waals surface area contributed by atoms with Gasteiger partial charge in [-0.2, -0.15) is 0 Å². The van der Waals surface area contributed by atoms with Crippen molar-refractivity contribution < 1.29 is 23.5 Å². The third-order valence-electron chi connectivity index (χ3n) is 4.92. The summed E-state index contributed by atoms with van der Waals surface area (Å²) in [5.74, 6) is -1.05. The molecule has 0 spiro atoms. The molecule has 1 N–H and O–H groups in total. The fraction of sp³-hybridized carbons (Fsp3) is 0.526. The minimum absolute atomic E-state index is 0.116. The van der Waals surface area contributed by atoms with E-state index >= 15 is 0 Å². The summed E-state index contributed by atoms with van der Waals surface area (Å²) < 4.78 is 18.1. The number of amides is 3. The van der Waals surface area contributed by atoms with Gasteiger partial charge >= 0.3 is 12.0 Å². The number of esters is 1. The van der Waals surface area contributed by atoms with Gasteiger partial charge in [0.2, 0.25) is 5.91 Å². The second-order valence-electron chi connectivity index (χ2n) is 6.87. The van der Waals surface area contributed by atoms with E-state index in [0.29, 0.717) is 38.3 Å². The molecule has 0 saturated carbocycles. The van der Waals surface area contributed by atoms with Crippen LogP contribution in [0.3, 0.4) is 0 Å². The summed E-state index contributed by atoms with van der Waals surface area (Å²) >= 11 is 0. The molecule has 3 amide bonds. The standard InChI is InChI=1S/C19H24FN3O4/c1-2-27-18(25)13-4-3-9-22(11-13)19(26)21-15-10-17(24)23(12-15)16-7-5-14(20)6-8-16/h5-8,13,15H,2-4,9-12H2,1H3,(H,21,26)/t13-,15+/m0/s1. The number of carbonyl (C=O) groups is 3. The molecule has 0 unspecified atom stereocenters. The number of ether oxygens (including phenoxy) is 1. The second kappa shape index (κ2) is 8.37. The van der Waals surface area contributed by atoms with Crippen LogP contribution in [-0.4, -0.2) is 55.1 Å². The van der Waals surface area contributed by atoms with E-state index in [0.717, 1.165) is 6.42 Å². The maximum absolute atomic E-state index is 13.1. The zero-order valence-corrected chi connectivity index (χ0v) is 15.3. The van der Waals surface area contributed by atoms with Gasteiger partial charge in [-0.1, -0.05) is 0 Å². The summed E-state index contributed by atoms with van der Waals surface area (Å²) in [6, 6.07) is 5.11. The molecule has 1 aromatic rings. The van der Waals surface area contributed by atoms with Crippen LogP contribution in [0, 0.1) is 11.7 Å². The zero-order valence-electron chi connectivity index (χ0n) is 15.3. The van der Waals surface area contributed by atoms with Gasteiger partial charge in [-0.3, -0.25) is 9.59 Å². The number of likely N-dealkylation sites (tertiary alicyclic amines) is 1. The van der Waals surface area contributed by atoms with Gasteiger partial charge in [0.25, 0.3) is 0 Å². The Morgan fingerprint density at radius 3 is 2.70 bits per heavy atom. The smallest absolute Gasteiger partial charge is 0.317 e. The number of halogens is 1. The van der Waals surface area contributed by atoms with Crippen molar-refractivity contribution in [1.82, 2.24) is 10.2 Å². The normalized spacial score (nSPS) is 22.7. The van der Waals surface area contributed by atoms with Gasteiger partial charge < -0.3 is 19.9 Å². The molecule has 2 aliphatic heterocycles. The lowest BCUT2D eigenvalue weighted by Gasteiger charge is -2.32. The summed E-state index contributed by atoms with van der Waals surface area (Å²) in [6.07, 6.45) is 1.64. The molecule has 7 nitrogen and oxygen atoms in total. The van der Waals surface area contributed by atoms with Crippen LogP contribution >= 0.6 is 0 Å². The highest BCUT2D eigenvalue weighted by atomic mass is 19.1. The SMILES string of the molecule is CCOC(=O)[C@H]1CCCN(C(=O)N[C@@H]2CC(=O)N(c3ccc(F)cc3)C2)C1. The molecular formula is C19H24FN3O4. The Morgan fingerprint density at radius 1 is 1.26 bits per heavy atom. The average molecular weight is 377 g/mol. The van der Waals surface area contributed by atoms with Gasteiger partial charge in [0, 0.05) is 31.7 Å². The van der Waals surface area contributed by atoms with Crippen molar-refractivity contribution in [2.24, 2.45) is 5.92 Å². The van der Waals surface area contributed by atoms with Gasteiger partial charge in [0.05, 0.1) is 18.6 Å². The number of nitrogens with zero attached hydrogens (tertiary/aromatic N) is 2. The lowest BCUT2D eigenvalue weighted by molar-refractivity contribution is -0.149. The number of anilines is 1. The van der Waals surface area contributed by atoms with Crippen molar-refractivity contribution in [3.63, 3.8) is 0 Å². The van der Waals surface area contributed by atoms with E-state index in [4.69, 9.17) is 4.74 Å². The van der Waals surface area contributed by atoms with E-state index in [9.17, 15) is 18.8 Å². The summed E-state index contributed by atoms with van der Waals surface area (Å²) in [5, 5.41) is 2.88. The maximum atomic E-state index is 13.1.